The maximum atomic E-state index is 3.84. The normalized spacial score (nSPS) is 10.7. The number of H-pyrrole nitrogens is 1. The lowest BCUT2D eigenvalue weighted by Crippen LogP contribution is -3.00. The molecule has 1 aromatic rings. The smallest absolute Gasteiger partial charge is 0.278 e. The van der Waals surface area contributed by atoms with Crippen LogP contribution in [0.25, 0.3) is 6.08 Å². The molecule has 1 aromatic heterocycles. The Balaban J connectivity index is 0.00000625. The second-order valence-electron chi connectivity index (χ2n) is 7.55. The van der Waals surface area contributed by atoms with Crippen molar-refractivity contribution in [3.05, 3.63) is 24.8 Å². The summed E-state index contributed by atoms with van der Waals surface area (Å²) in [5, 5.41) is 0. The fourth-order valence-electron chi connectivity index (χ4n) is 3.58. The van der Waals surface area contributed by atoms with Crippen molar-refractivity contribution in [2.75, 3.05) is 0 Å². The van der Waals surface area contributed by atoms with E-state index in [2.05, 4.69) is 29.3 Å². The van der Waals surface area contributed by atoms with Gasteiger partial charge >= 0.3 is 0 Å². The summed E-state index contributed by atoms with van der Waals surface area (Å²) in [6.07, 6.45) is 28.8. The monoisotopic (exact) mass is 382 g/mol. The number of rotatable bonds is 18. The molecule has 0 atom stereocenters. The van der Waals surface area contributed by atoms with Crippen LogP contribution >= 0.6 is 0 Å². The van der Waals surface area contributed by atoms with Crippen LogP contribution in [0.5, 0.6) is 0 Å². The van der Waals surface area contributed by atoms with Crippen LogP contribution in [-0.4, -0.2) is 4.98 Å². The van der Waals surface area contributed by atoms with Gasteiger partial charge in [-0.15, -0.1) is 0 Å². The van der Waals surface area contributed by atoms with Crippen molar-refractivity contribution in [1.82, 2.24) is 4.98 Å². The van der Waals surface area contributed by atoms with Gasteiger partial charge in [0, 0.05) is 6.08 Å². The molecule has 1 heterocycles. The van der Waals surface area contributed by atoms with Crippen LogP contribution in [0.1, 0.15) is 115 Å². The van der Waals surface area contributed by atoms with Crippen molar-refractivity contribution >= 4 is 6.08 Å². The Morgan fingerprint density at radius 1 is 0.769 bits per heavy atom. The minimum atomic E-state index is 0. The van der Waals surface area contributed by atoms with Crippen LogP contribution in [0.3, 0.4) is 0 Å². The maximum Gasteiger partial charge on any atom is 0.278 e. The second kappa shape index (κ2) is 19.0. The molecule has 0 aliphatic heterocycles. The highest BCUT2D eigenvalue weighted by Crippen LogP contribution is 2.13. The van der Waals surface area contributed by atoms with Gasteiger partial charge in [0.05, 0.1) is 6.54 Å². The molecule has 0 spiro atoms. The highest BCUT2D eigenvalue weighted by atomic mass is 35.5. The third-order valence-electron chi connectivity index (χ3n) is 5.24. The molecule has 0 aliphatic rings. The molecular weight excluding hydrogens is 340 g/mol. The molecule has 0 aliphatic carbocycles. The number of aromatic nitrogens is 2. The first-order chi connectivity index (χ1) is 12.4. The molecular formula is C23H43ClN2. The summed E-state index contributed by atoms with van der Waals surface area (Å²) in [4.78, 5) is 3.20. The molecule has 2 nitrogen and oxygen atoms in total. The Bertz CT molecular complexity index is 414. The van der Waals surface area contributed by atoms with E-state index in [4.69, 9.17) is 0 Å². The number of halogens is 1. The zero-order chi connectivity index (χ0) is 18.0. The molecule has 0 fully saturated rings. The summed E-state index contributed by atoms with van der Waals surface area (Å²) < 4.78 is 2.26. The minimum absolute atomic E-state index is 0. The topological polar surface area (TPSA) is 19.7 Å². The first-order valence-corrected chi connectivity index (χ1v) is 11.1. The molecule has 0 bridgehead atoms. The third kappa shape index (κ3) is 13.4. The molecule has 26 heavy (non-hydrogen) atoms. The molecule has 0 saturated heterocycles. The Morgan fingerprint density at radius 3 is 1.62 bits per heavy atom. The maximum absolute atomic E-state index is 3.84. The van der Waals surface area contributed by atoms with Gasteiger partial charge in [-0.3, -0.25) is 0 Å². The first kappa shape index (κ1) is 25.2. The summed E-state index contributed by atoms with van der Waals surface area (Å²) in [7, 11) is 0. The number of hydrogen-bond acceptors (Lipinski definition) is 0. The highest BCUT2D eigenvalue weighted by molar-refractivity contribution is 5.31. The molecule has 0 amide bonds. The number of hydrogen-bond donors (Lipinski definition) is 1. The van der Waals surface area contributed by atoms with E-state index in [0.717, 1.165) is 12.4 Å². The molecule has 0 unspecified atom stereocenters. The number of aromatic amines is 1. The van der Waals surface area contributed by atoms with E-state index < -0.39 is 0 Å². The van der Waals surface area contributed by atoms with Crippen LogP contribution in [0.15, 0.2) is 19.0 Å². The van der Waals surface area contributed by atoms with Gasteiger partial charge in [0.2, 0.25) is 0 Å². The SMILES string of the molecule is C=Cc1[nH]cc[n+]1CCCCCCCCCCCCCCCCCC.[Cl-]. The molecule has 152 valence electrons. The molecule has 0 aromatic carbocycles. The van der Waals surface area contributed by atoms with Crippen molar-refractivity contribution in [3.63, 3.8) is 0 Å². The summed E-state index contributed by atoms with van der Waals surface area (Å²) in [6.45, 7) is 7.24. The van der Waals surface area contributed by atoms with E-state index in [1.807, 2.05) is 12.3 Å². The summed E-state index contributed by atoms with van der Waals surface area (Å²) in [6, 6.07) is 0. The lowest BCUT2D eigenvalue weighted by Gasteiger charge is -2.03. The number of unbranched alkanes of at least 4 members (excludes halogenated alkanes) is 15. The van der Waals surface area contributed by atoms with E-state index in [9.17, 15) is 0 Å². The van der Waals surface area contributed by atoms with Gasteiger partial charge < -0.3 is 12.4 Å². The average molecular weight is 383 g/mol. The van der Waals surface area contributed by atoms with E-state index in [1.165, 1.54) is 103 Å². The average Bonchev–Trinajstić information content (AvgIpc) is 3.09. The largest absolute Gasteiger partial charge is 1.00 e. The zero-order valence-electron chi connectivity index (χ0n) is 17.3. The van der Waals surface area contributed by atoms with Crippen molar-refractivity contribution < 1.29 is 17.0 Å². The van der Waals surface area contributed by atoms with E-state index >= 15 is 0 Å². The molecule has 0 saturated carbocycles. The van der Waals surface area contributed by atoms with Gasteiger partial charge in [-0.25, -0.2) is 9.55 Å². The Kier molecular flexibility index (Phi) is 18.5. The highest BCUT2D eigenvalue weighted by Gasteiger charge is 2.04. The fraction of sp³-hybridized carbons (Fsp3) is 0.783. The minimum Gasteiger partial charge on any atom is -1.00 e. The predicted octanol–water partition coefficient (Wildman–Crippen LogP) is 4.21. The number of aryl methyl sites for hydroxylation is 1. The standard InChI is InChI=1S/C23H42N2.ClH/c1-3-5-6-7-8-9-10-11-12-13-14-15-16-17-18-19-21-25-22-20-24-23(25)4-2;/h4,20,22H,2-3,5-19,21H2,1H3;1H. The van der Waals surface area contributed by atoms with E-state index in [0.29, 0.717) is 0 Å². The number of nitrogens with one attached hydrogen (secondary N) is 1. The van der Waals surface area contributed by atoms with Crippen LogP contribution in [0, 0.1) is 0 Å². The van der Waals surface area contributed by atoms with Crippen molar-refractivity contribution in [1.29, 1.82) is 0 Å². The van der Waals surface area contributed by atoms with Gasteiger partial charge in [-0.1, -0.05) is 103 Å². The van der Waals surface area contributed by atoms with Gasteiger partial charge in [-0.2, -0.15) is 0 Å². The Hall–Kier alpha value is -0.760. The Labute approximate surface area is 169 Å². The van der Waals surface area contributed by atoms with E-state index in [-0.39, 0.29) is 12.4 Å². The lowest BCUT2D eigenvalue weighted by molar-refractivity contribution is -0.697. The Morgan fingerprint density at radius 2 is 1.19 bits per heavy atom. The summed E-state index contributed by atoms with van der Waals surface area (Å²) in [5.41, 5.74) is 0. The molecule has 3 heteroatoms. The van der Waals surface area contributed by atoms with Crippen LogP contribution in [-0.2, 0) is 6.54 Å². The molecule has 1 N–H and O–H groups in total. The predicted molar refractivity (Wildman–Crippen MR) is 111 cm³/mol. The summed E-state index contributed by atoms with van der Waals surface area (Å²) in [5.74, 6) is 1.13. The second-order valence-corrected chi connectivity index (χ2v) is 7.55. The first-order valence-electron chi connectivity index (χ1n) is 11.1. The van der Waals surface area contributed by atoms with Gasteiger partial charge in [0.1, 0.15) is 12.4 Å². The van der Waals surface area contributed by atoms with E-state index in [1.54, 1.807) is 0 Å². The lowest BCUT2D eigenvalue weighted by atomic mass is 10.0. The quantitative estimate of drug-likeness (QED) is 0.290. The van der Waals surface area contributed by atoms with Crippen LogP contribution in [0.2, 0.25) is 0 Å². The summed E-state index contributed by atoms with van der Waals surface area (Å²) >= 11 is 0. The van der Waals surface area contributed by atoms with Gasteiger partial charge in [0.25, 0.3) is 5.82 Å². The zero-order valence-corrected chi connectivity index (χ0v) is 18.0. The molecule has 1 rings (SSSR count). The van der Waals surface area contributed by atoms with Crippen molar-refractivity contribution in [2.24, 2.45) is 0 Å². The van der Waals surface area contributed by atoms with Crippen molar-refractivity contribution in [3.8, 4) is 0 Å². The van der Waals surface area contributed by atoms with Crippen molar-refractivity contribution in [2.45, 2.75) is 116 Å². The number of imidazole rings is 1. The number of nitrogens with zero attached hydrogens (tertiary/aromatic N) is 1. The molecule has 0 radical (unpaired) electrons. The van der Waals surface area contributed by atoms with Crippen LogP contribution in [0.4, 0.5) is 0 Å². The van der Waals surface area contributed by atoms with Gasteiger partial charge in [-0.05, 0) is 12.8 Å². The fourth-order valence-corrected chi connectivity index (χ4v) is 3.58. The van der Waals surface area contributed by atoms with Gasteiger partial charge in [0.15, 0.2) is 0 Å². The van der Waals surface area contributed by atoms with Crippen LogP contribution < -0.4 is 17.0 Å². The third-order valence-corrected chi connectivity index (χ3v) is 5.24.